The summed E-state index contributed by atoms with van der Waals surface area (Å²) in [7, 11) is 1.69. The zero-order chi connectivity index (χ0) is 9.97. The van der Waals surface area contributed by atoms with Crippen molar-refractivity contribution in [1.29, 1.82) is 0 Å². The molecule has 0 N–H and O–H groups in total. The van der Waals surface area contributed by atoms with Crippen molar-refractivity contribution in [1.82, 2.24) is 4.18 Å². The molecule has 0 radical (unpaired) electrons. The van der Waals surface area contributed by atoms with E-state index >= 15 is 0 Å². The van der Waals surface area contributed by atoms with Gasteiger partial charge in [0.05, 0.1) is 6.21 Å². The lowest BCUT2D eigenvalue weighted by atomic mass is 10.1. The first kappa shape index (κ1) is 9.63. The molecule has 72 valence electrons. The van der Waals surface area contributed by atoms with Crippen molar-refractivity contribution in [3.05, 3.63) is 42.0 Å². The van der Waals surface area contributed by atoms with E-state index in [-0.39, 0.29) is 0 Å². The average Bonchev–Trinajstić information content (AvgIpc) is 2.92. The zero-order valence-electron chi connectivity index (χ0n) is 7.92. The van der Waals surface area contributed by atoms with Crippen LogP contribution >= 0.6 is 7.51 Å². The first-order chi connectivity index (χ1) is 6.79. The molecule has 0 saturated heterocycles. The smallest absolute Gasteiger partial charge is 0.101 e. The van der Waals surface area contributed by atoms with Crippen LogP contribution in [0.4, 0.5) is 0 Å². The van der Waals surface area contributed by atoms with Gasteiger partial charge in [-0.15, -0.1) is 0 Å². The van der Waals surface area contributed by atoms with Gasteiger partial charge in [-0.1, -0.05) is 36.9 Å². The maximum absolute atomic E-state index is 4.32. The molecule has 0 spiro atoms. The molecule has 2 nitrogen and oxygen atoms in total. The number of hydrogen-bond donors (Lipinski definition) is 0. The van der Waals surface area contributed by atoms with E-state index in [4.69, 9.17) is 0 Å². The van der Waals surface area contributed by atoms with Gasteiger partial charge < -0.3 is 0 Å². The molecule has 0 aromatic heterocycles. The highest BCUT2D eigenvalue weighted by Gasteiger charge is 2.12. The van der Waals surface area contributed by atoms with E-state index in [0.717, 1.165) is 11.1 Å². The van der Waals surface area contributed by atoms with E-state index in [1.165, 1.54) is 7.51 Å². The molecule has 1 heterocycles. The van der Waals surface area contributed by atoms with Crippen LogP contribution in [-0.2, 0) is 10.3 Å². The molecule has 1 atom stereocenters. The van der Waals surface area contributed by atoms with Gasteiger partial charge in [-0.3, -0.25) is 0 Å². The van der Waals surface area contributed by atoms with Gasteiger partial charge in [0.1, 0.15) is 7.51 Å². The van der Waals surface area contributed by atoms with Gasteiger partial charge in [-0.05, 0) is 21.4 Å². The predicted octanol–water partition coefficient (Wildman–Crippen LogP) is 2.92. The van der Waals surface area contributed by atoms with Crippen LogP contribution in [0.15, 0.2) is 35.9 Å². The first-order valence-electron chi connectivity index (χ1n) is 4.24. The normalized spacial score (nSPS) is 20.6. The summed E-state index contributed by atoms with van der Waals surface area (Å²) in [4.78, 5) is 0. The Morgan fingerprint density at radius 3 is 2.43 bits per heavy atom. The Hall–Kier alpha value is -0.920. The Kier molecular flexibility index (Phi) is 2.80. The van der Waals surface area contributed by atoms with Gasteiger partial charge >= 0.3 is 0 Å². The van der Waals surface area contributed by atoms with E-state index in [2.05, 4.69) is 34.3 Å². The Balaban J connectivity index is 2.03. The summed E-state index contributed by atoms with van der Waals surface area (Å²) in [5, 5.41) is 4.32. The third kappa shape index (κ3) is 2.31. The highest BCUT2D eigenvalue weighted by atomic mass is 32.6. The molecular weight excluding hydrogens is 211 g/mol. The van der Waals surface area contributed by atoms with Gasteiger partial charge in [0.15, 0.2) is 0 Å². The zero-order valence-corrected chi connectivity index (χ0v) is 9.63. The Morgan fingerprint density at radius 2 is 1.93 bits per heavy atom. The molecule has 4 heteroatoms. The molecule has 1 aliphatic rings. The fourth-order valence-electron chi connectivity index (χ4n) is 1.01. The fourth-order valence-corrected chi connectivity index (χ4v) is 2.83. The lowest BCUT2D eigenvalue weighted by Gasteiger charge is -1.95. The predicted molar refractivity (Wildman–Crippen MR) is 66.2 cm³/mol. The van der Waals surface area contributed by atoms with Gasteiger partial charge in [0.25, 0.3) is 0 Å². The van der Waals surface area contributed by atoms with E-state index in [1.807, 2.05) is 24.4 Å². The van der Waals surface area contributed by atoms with E-state index in [9.17, 15) is 0 Å². The number of hydrazone groups is 1. The van der Waals surface area contributed by atoms with Crippen LogP contribution in [0.25, 0.3) is 6.08 Å². The first-order valence-corrected chi connectivity index (χ1v) is 7.28. The molecule has 0 aliphatic carbocycles. The summed E-state index contributed by atoms with van der Waals surface area (Å²) in [6.45, 7) is 3.71. The third-order valence-corrected chi connectivity index (χ3v) is 4.78. The topological polar surface area (TPSA) is 15.4 Å². The summed E-state index contributed by atoms with van der Waals surface area (Å²) in [6, 6.07) is 8.18. The molecule has 0 amide bonds. The van der Waals surface area contributed by atoms with E-state index in [0.29, 0.717) is 10.3 Å². The second kappa shape index (κ2) is 4.07. The van der Waals surface area contributed by atoms with Gasteiger partial charge in [-0.25, -0.2) is 0 Å². The maximum atomic E-state index is 4.32. The van der Waals surface area contributed by atoms with Crippen molar-refractivity contribution in [2.75, 3.05) is 6.26 Å². The molecule has 1 aromatic carbocycles. The number of hydrogen-bond acceptors (Lipinski definition) is 2. The number of rotatable bonds is 3. The number of nitrogens with zero attached hydrogens (tertiary/aromatic N) is 2. The van der Waals surface area contributed by atoms with Gasteiger partial charge in [-0.2, -0.15) is 9.29 Å². The molecular formula is C10H11N2PS. The summed E-state index contributed by atoms with van der Waals surface area (Å²) < 4.78 is 2.06. The summed E-state index contributed by atoms with van der Waals surface area (Å²) >= 11 is 0. The van der Waals surface area contributed by atoms with Crippen LogP contribution in [0.3, 0.4) is 0 Å². The van der Waals surface area contributed by atoms with Crippen molar-refractivity contribution in [2.24, 2.45) is 5.10 Å². The van der Waals surface area contributed by atoms with Crippen molar-refractivity contribution in [3.8, 4) is 0 Å². The highest BCUT2D eigenvalue weighted by Crippen LogP contribution is 2.32. The minimum Gasteiger partial charge on any atom is -0.183 e. The average molecular weight is 222 g/mol. The molecule has 1 aromatic rings. The van der Waals surface area contributed by atoms with Crippen LogP contribution in [-0.4, -0.2) is 16.7 Å². The lowest BCUT2D eigenvalue weighted by Crippen LogP contribution is -1.89. The maximum Gasteiger partial charge on any atom is 0.101 e. The SMILES string of the molecule is C=Cc1ccc(C=NN2P=S2C)cc1. The summed E-state index contributed by atoms with van der Waals surface area (Å²) in [5.74, 6) is 0. The highest BCUT2D eigenvalue weighted by molar-refractivity contribution is 8.31. The van der Waals surface area contributed by atoms with Gasteiger partial charge in [0.2, 0.25) is 0 Å². The Morgan fingerprint density at radius 1 is 1.36 bits per heavy atom. The van der Waals surface area contributed by atoms with Crippen molar-refractivity contribution in [3.63, 3.8) is 0 Å². The van der Waals surface area contributed by atoms with E-state index in [1.54, 1.807) is 0 Å². The van der Waals surface area contributed by atoms with Crippen molar-refractivity contribution in [2.45, 2.75) is 0 Å². The van der Waals surface area contributed by atoms with Crippen molar-refractivity contribution >= 4 is 30.1 Å². The fraction of sp³-hybridized carbons (Fsp3) is 0.100. The van der Waals surface area contributed by atoms with Crippen LogP contribution < -0.4 is 0 Å². The lowest BCUT2D eigenvalue weighted by molar-refractivity contribution is 0.849. The largest absolute Gasteiger partial charge is 0.183 e. The van der Waals surface area contributed by atoms with Crippen LogP contribution in [0.1, 0.15) is 11.1 Å². The second-order valence-corrected chi connectivity index (χ2v) is 7.02. The third-order valence-electron chi connectivity index (χ3n) is 1.88. The molecule has 1 aliphatic heterocycles. The number of benzene rings is 1. The van der Waals surface area contributed by atoms with Crippen LogP contribution in [0, 0.1) is 0 Å². The Labute approximate surface area is 87.9 Å². The molecule has 1 unspecified atom stereocenters. The minimum absolute atomic E-state index is 0.363. The van der Waals surface area contributed by atoms with Crippen LogP contribution in [0.5, 0.6) is 0 Å². The van der Waals surface area contributed by atoms with Crippen molar-refractivity contribution < 1.29 is 0 Å². The molecule has 0 fully saturated rings. The quantitative estimate of drug-likeness (QED) is 0.567. The second-order valence-electron chi connectivity index (χ2n) is 2.90. The van der Waals surface area contributed by atoms with E-state index < -0.39 is 0 Å². The minimum atomic E-state index is 0.363. The molecule has 2 rings (SSSR count). The molecule has 0 bridgehead atoms. The van der Waals surface area contributed by atoms with Gasteiger partial charge in [0, 0.05) is 6.26 Å². The molecule has 0 saturated carbocycles. The summed E-state index contributed by atoms with van der Waals surface area (Å²) in [5.41, 5.74) is 2.27. The molecule has 14 heavy (non-hydrogen) atoms. The Bertz CT molecular complexity index is 409. The summed E-state index contributed by atoms with van der Waals surface area (Å²) in [6.07, 6.45) is 5.92. The monoisotopic (exact) mass is 222 g/mol. The van der Waals surface area contributed by atoms with Crippen LogP contribution in [0.2, 0.25) is 0 Å². The standard InChI is InChI=1S/C10H11N2PS/c1-3-9-4-6-10(7-5-9)8-11-12-13-14(12)2/h3-8H,1H2,2H3.